The summed E-state index contributed by atoms with van der Waals surface area (Å²) in [5.41, 5.74) is 5.98. The fourth-order valence-corrected chi connectivity index (χ4v) is 3.89. The van der Waals surface area contributed by atoms with Gasteiger partial charge in [0.15, 0.2) is 0 Å². The summed E-state index contributed by atoms with van der Waals surface area (Å²) in [7, 11) is 0. The van der Waals surface area contributed by atoms with E-state index in [4.69, 9.17) is 5.73 Å². The second-order valence-electron chi connectivity index (χ2n) is 5.14. The van der Waals surface area contributed by atoms with Crippen molar-refractivity contribution in [2.45, 2.75) is 39.2 Å². The molecule has 0 saturated carbocycles. The molecule has 1 fully saturated rings. The molecule has 1 aliphatic heterocycles. The first-order valence-corrected chi connectivity index (χ1v) is 7.56. The average Bonchev–Trinajstić information content (AvgIpc) is 2.91. The molecular formula is C14H24N2S. The largest absolute Gasteiger partial charge is 0.329 e. The third-order valence-electron chi connectivity index (χ3n) is 3.77. The number of hydrogen-bond donors (Lipinski definition) is 1. The topological polar surface area (TPSA) is 29.3 Å². The predicted octanol–water partition coefficient (Wildman–Crippen LogP) is 3.18. The number of hydrogen-bond acceptors (Lipinski definition) is 3. The van der Waals surface area contributed by atoms with Crippen molar-refractivity contribution in [1.82, 2.24) is 4.90 Å². The van der Waals surface area contributed by atoms with Crippen LogP contribution in [-0.4, -0.2) is 24.5 Å². The summed E-state index contributed by atoms with van der Waals surface area (Å²) in [6.07, 6.45) is 4.04. The normalized spacial score (nSPS) is 23.1. The van der Waals surface area contributed by atoms with Crippen LogP contribution in [0.1, 0.15) is 42.0 Å². The maximum absolute atomic E-state index is 5.98. The Bertz CT molecular complexity index is 348. The van der Waals surface area contributed by atoms with E-state index in [0.29, 0.717) is 6.04 Å². The maximum Gasteiger partial charge on any atom is 0.0564 e. The molecule has 17 heavy (non-hydrogen) atoms. The lowest BCUT2D eigenvalue weighted by molar-refractivity contribution is 0.243. The number of nitrogens with zero attached hydrogens (tertiary/aromatic N) is 1. The van der Waals surface area contributed by atoms with E-state index in [1.165, 1.54) is 42.1 Å². The molecule has 2 unspecified atom stereocenters. The minimum Gasteiger partial charge on any atom is -0.329 e. The monoisotopic (exact) mass is 252 g/mol. The summed E-state index contributed by atoms with van der Waals surface area (Å²) >= 11 is 1.90. The first-order chi connectivity index (χ1) is 8.24. The molecular weight excluding hydrogens is 228 g/mol. The zero-order valence-corrected chi connectivity index (χ0v) is 11.8. The van der Waals surface area contributed by atoms with Crippen molar-refractivity contribution in [3.63, 3.8) is 0 Å². The molecule has 2 atom stereocenters. The summed E-state index contributed by atoms with van der Waals surface area (Å²) in [5.74, 6) is 0.898. The highest BCUT2D eigenvalue weighted by Gasteiger charge is 2.28. The Balaban J connectivity index is 2.00. The van der Waals surface area contributed by atoms with Gasteiger partial charge in [0.05, 0.1) is 6.04 Å². The van der Waals surface area contributed by atoms with Crippen molar-refractivity contribution in [2.24, 2.45) is 11.7 Å². The predicted molar refractivity (Wildman–Crippen MR) is 75.4 cm³/mol. The first kappa shape index (κ1) is 13.1. The minimum atomic E-state index is 0.454. The Hall–Kier alpha value is -0.380. The van der Waals surface area contributed by atoms with Crippen LogP contribution in [0, 0.1) is 12.8 Å². The number of likely N-dealkylation sites (tertiary alicyclic amines) is 1. The van der Waals surface area contributed by atoms with Gasteiger partial charge in [-0.25, -0.2) is 0 Å². The standard InChI is InChI=1S/C14H24N2S/c1-3-4-12-7-8-16(10-12)13(9-15)14-6-5-11(2)17-14/h5-6,12-13H,3-4,7-10,15H2,1-2H3. The zero-order chi connectivity index (χ0) is 12.3. The van der Waals surface area contributed by atoms with E-state index in [1.54, 1.807) is 0 Å². The Kier molecular flexibility index (Phi) is 4.60. The van der Waals surface area contributed by atoms with E-state index in [-0.39, 0.29) is 0 Å². The summed E-state index contributed by atoms with van der Waals surface area (Å²) in [6, 6.07) is 4.92. The lowest BCUT2D eigenvalue weighted by atomic mass is 10.0. The molecule has 1 aromatic heterocycles. The zero-order valence-electron chi connectivity index (χ0n) is 11.0. The summed E-state index contributed by atoms with van der Waals surface area (Å²) in [6.45, 7) is 7.67. The van der Waals surface area contributed by atoms with Gasteiger partial charge in [-0.05, 0) is 44.4 Å². The Morgan fingerprint density at radius 3 is 2.94 bits per heavy atom. The lowest BCUT2D eigenvalue weighted by Crippen LogP contribution is -2.31. The van der Waals surface area contributed by atoms with Gasteiger partial charge in [0.2, 0.25) is 0 Å². The Morgan fingerprint density at radius 2 is 2.35 bits per heavy atom. The van der Waals surface area contributed by atoms with Crippen LogP contribution in [0.15, 0.2) is 12.1 Å². The number of rotatable bonds is 5. The van der Waals surface area contributed by atoms with Crippen molar-refractivity contribution in [2.75, 3.05) is 19.6 Å². The molecule has 2 N–H and O–H groups in total. The molecule has 0 aliphatic carbocycles. The average molecular weight is 252 g/mol. The lowest BCUT2D eigenvalue weighted by Gasteiger charge is -2.25. The molecule has 1 aromatic rings. The molecule has 2 rings (SSSR count). The van der Waals surface area contributed by atoms with Crippen LogP contribution in [0.25, 0.3) is 0 Å². The van der Waals surface area contributed by atoms with Crippen molar-refractivity contribution in [1.29, 1.82) is 0 Å². The van der Waals surface area contributed by atoms with Crippen LogP contribution < -0.4 is 5.73 Å². The number of aryl methyl sites for hydroxylation is 1. The second-order valence-corrected chi connectivity index (χ2v) is 6.46. The second kappa shape index (κ2) is 5.98. The fraction of sp³-hybridized carbons (Fsp3) is 0.714. The first-order valence-electron chi connectivity index (χ1n) is 6.75. The molecule has 0 bridgehead atoms. The van der Waals surface area contributed by atoms with E-state index in [1.807, 2.05) is 11.3 Å². The van der Waals surface area contributed by atoms with Gasteiger partial charge in [-0.2, -0.15) is 0 Å². The maximum atomic E-state index is 5.98. The highest BCUT2D eigenvalue weighted by atomic mass is 32.1. The Labute approximate surface area is 109 Å². The van der Waals surface area contributed by atoms with Crippen molar-refractivity contribution < 1.29 is 0 Å². The van der Waals surface area contributed by atoms with Crippen molar-refractivity contribution in [3.8, 4) is 0 Å². The van der Waals surface area contributed by atoms with Gasteiger partial charge in [0.25, 0.3) is 0 Å². The van der Waals surface area contributed by atoms with Crippen LogP contribution in [0.4, 0.5) is 0 Å². The molecule has 0 aromatic carbocycles. The van der Waals surface area contributed by atoms with Crippen LogP contribution in [-0.2, 0) is 0 Å². The highest BCUT2D eigenvalue weighted by molar-refractivity contribution is 7.12. The van der Waals surface area contributed by atoms with E-state index in [0.717, 1.165) is 12.5 Å². The van der Waals surface area contributed by atoms with Gasteiger partial charge in [0.1, 0.15) is 0 Å². The number of nitrogens with two attached hydrogens (primary N) is 1. The quantitative estimate of drug-likeness (QED) is 0.872. The molecule has 1 aliphatic rings. The molecule has 0 spiro atoms. The van der Waals surface area contributed by atoms with Gasteiger partial charge in [0, 0.05) is 22.8 Å². The van der Waals surface area contributed by atoms with Gasteiger partial charge >= 0.3 is 0 Å². The molecule has 1 saturated heterocycles. The Morgan fingerprint density at radius 1 is 1.53 bits per heavy atom. The van der Waals surface area contributed by atoms with E-state index >= 15 is 0 Å². The molecule has 96 valence electrons. The van der Waals surface area contributed by atoms with Crippen molar-refractivity contribution >= 4 is 11.3 Å². The van der Waals surface area contributed by atoms with Crippen molar-refractivity contribution in [3.05, 3.63) is 21.9 Å². The molecule has 3 heteroatoms. The van der Waals surface area contributed by atoms with Crippen LogP contribution in [0.2, 0.25) is 0 Å². The summed E-state index contributed by atoms with van der Waals surface area (Å²) in [5, 5.41) is 0. The summed E-state index contributed by atoms with van der Waals surface area (Å²) in [4.78, 5) is 5.43. The molecule has 0 amide bonds. The minimum absolute atomic E-state index is 0.454. The molecule has 2 nitrogen and oxygen atoms in total. The van der Waals surface area contributed by atoms with Gasteiger partial charge in [-0.1, -0.05) is 13.3 Å². The van der Waals surface area contributed by atoms with E-state index in [2.05, 4.69) is 30.9 Å². The molecule has 0 radical (unpaired) electrons. The van der Waals surface area contributed by atoms with Crippen LogP contribution in [0.5, 0.6) is 0 Å². The van der Waals surface area contributed by atoms with Crippen LogP contribution in [0.3, 0.4) is 0 Å². The van der Waals surface area contributed by atoms with E-state index < -0.39 is 0 Å². The fourth-order valence-electron chi connectivity index (χ4n) is 2.87. The van der Waals surface area contributed by atoms with Gasteiger partial charge < -0.3 is 5.73 Å². The van der Waals surface area contributed by atoms with Crippen LogP contribution >= 0.6 is 11.3 Å². The van der Waals surface area contributed by atoms with Gasteiger partial charge in [-0.15, -0.1) is 11.3 Å². The number of thiophene rings is 1. The van der Waals surface area contributed by atoms with E-state index in [9.17, 15) is 0 Å². The SMILES string of the molecule is CCCC1CCN(C(CN)c2ccc(C)s2)C1. The van der Waals surface area contributed by atoms with Gasteiger partial charge in [-0.3, -0.25) is 4.90 Å². The highest BCUT2D eigenvalue weighted by Crippen LogP contribution is 2.32. The summed E-state index contributed by atoms with van der Waals surface area (Å²) < 4.78 is 0. The molecule has 2 heterocycles. The smallest absolute Gasteiger partial charge is 0.0564 e. The third kappa shape index (κ3) is 3.09. The third-order valence-corrected chi connectivity index (χ3v) is 4.87.